The summed E-state index contributed by atoms with van der Waals surface area (Å²) in [7, 11) is 0. The number of benzene rings is 1. The van der Waals surface area contributed by atoms with E-state index < -0.39 is 16.4 Å². The molecular formula is C18H20N4O4. The van der Waals surface area contributed by atoms with E-state index in [9.17, 15) is 19.7 Å². The van der Waals surface area contributed by atoms with Crippen molar-refractivity contribution < 1.29 is 9.72 Å². The van der Waals surface area contributed by atoms with Crippen LogP contribution in [0.4, 0.5) is 5.69 Å². The topological polar surface area (TPSA) is 108 Å². The highest BCUT2D eigenvalue weighted by Gasteiger charge is 2.24. The molecule has 2 aromatic rings. The van der Waals surface area contributed by atoms with Crippen LogP contribution < -0.4 is 10.9 Å². The van der Waals surface area contributed by atoms with Gasteiger partial charge in [-0.3, -0.25) is 24.6 Å². The first-order chi connectivity index (χ1) is 12.6. The van der Waals surface area contributed by atoms with Crippen LogP contribution in [0.15, 0.2) is 47.4 Å². The van der Waals surface area contributed by atoms with Crippen molar-refractivity contribution in [3.63, 3.8) is 0 Å². The van der Waals surface area contributed by atoms with Crippen LogP contribution in [0.3, 0.4) is 0 Å². The van der Waals surface area contributed by atoms with Gasteiger partial charge in [-0.2, -0.15) is 0 Å². The lowest BCUT2D eigenvalue weighted by Crippen LogP contribution is -2.38. The molecule has 136 valence electrons. The van der Waals surface area contributed by atoms with Crippen molar-refractivity contribution in [2.24, 2.45) is 0 Å². The number of aromatic nitrogens is 1. The van der Waals surface area contributed by atoms with Gasteiger partial charge in [0.05, 0.1) is 17.2 Å². The SMILES string of the molecule is O=C(NC[C@@H](c1ccccc1)N1CCCC1)c1cc([N+](=O)[O-])c[nH]c1=O. The van der Waals surface area contributed by atoms with Gasteiger partial charge in [-0.05, 0) is 31.5 Å². The highest BCUT2D eigenvalue weighted by molar-refractivity contribution is 5.94. The molecule has 1 atom stereocenters. The first kappa shape index (κ1) is 17.8. The van der Waals surface area contributed by atoms with Gasteiger partial charge in [-0.1, -0.05) is 30.3 Å². The summed E-state index contributed by atoms with van der Waals surface area (Å²) in [5.74, 6) is -0.616. The zero-order valence-corrected chi connectivity index (χ0v) is 14.2. The molecule has 8 heteroatoms. The molecule has 2 heterocycles. The van der Waals surface area contributed by atoms with Gasteiger partial charge in [0.15, 0.2) is 0 Å². The van der Waals surface area contributed by atoms with E-state index in [4.69, 9.17) is 0 Å². The number of pyridine rings is 1. The van der Waals surface area contributed by atoms with Crippen molar-refractivity contribution in [2.75, 3.05) is 19.6 Å². The minimum absolute atomic E-state index is 0.000398. The highest BCUT2D eigenvalue weighted by atomic mass is 16.6. The predicted molar refractivity (Wildman–Crippen MR) is 96.0 cm³/mol. The van der Waals surface area contributed by atoms with Crippen molar-refractivity contribution in [1.29, 1.82) is 0 Å². The third kappa shape index (κ3) is 3.97. The van der Waals surface area contributed by atoms with Crippen LogP contribution in [0.2, 0.25) is 0 Å². The largest absolute Gasteiger partial charge is 0.350 e. The van der Waals surface area contributed by atoms with Crippen LogP contribution in [0, 0.1) is 10.1 Å². The van der Waals surface area contributed by atoms with Crippen LogP contribution in [0.1, 0.15) is 34.8 Å². The molecule has 1 fully saturated rings. The Hall–Kier alpha value is -3.00. The molecule has 1 aromatic heterocycles. The average molecular weight is 356 g/mol. The zero-order valence-electron chi connectivity index (χ0n) is 14.2. The number of likely N-dealkylation sites (tertiary alicyclic amines) is 1. The molecule has 0 bridgehead atoms. The number of aromatic amines is 1. The van der Waals surface area contributed by atoms with Crippen LogP contribution in [-0.4, -0.2) is 40.3 Å². The van der Waals surface area contributed by atoms with Gasteiger partial charge in [0, 0.05) is 12.6 Å². The van der Waals surface area contributed by atoms with E-state index in [0.717, 1.165) is 43.8 Å². The molecule has 0 unspecified atom stereocenters. The van der Waals surface area contributed by atoms with Crippen LogP contribution in [0.5, 0.6) is 0 Å². The Morgan fingerprint density at radius 1 is 1.27 bits per heavy atom. The fourth-order valence-corrected chi connectivity index (χ4v) is 3.22. The molecule has 0 aliphatic carbocycles. The molecule has 1 amide bonds. The molecule has 3 rings (SSSR count). The maximum absolute atomic E-state index is 12.4. The number of nitrogens with one attached hydrogen (secondary N) is 2. The first-order valence-electron chi connectivity index (χ1n) is 8.50. The number of carbonyl (C=O) groups excluding carboxylic acids is 1. The molecule has 1 aromatic carbocycles. The average Bonchev–Trinajstić information content (AvgIpc) is 3.17. The molecule has 0 spiro atoms. The summed E-state index contributed by atoms with van der Waals surface area (Å²) in [5.41, 5.74) is -0.144. The number of H-pyrrole nitrogens is 1. The number of nitrogens with zero attached hydrogens (tertiary/aromatic N) is 2. The third-order valence-electron chi connectivity index (χ3n) is 4.57. The molecule has 8 nitrogen and oxygen atoms in total. The van der Waals surface area contributed by atoms with Crippen molar-refractivity contribution in [2.45, 2.75) is 18.9 Å². The summed E-state index contributed by atoms with van der Waals surface area (Å²) in [6.45, 7) is 2.23. The van der Waals surface area contributed by atoms with Crippen molar-refractivity contribution in [3.8, 4) is 0 Å². The van der Waals surface area contributed by atoms with E-state index in [1.54, 1.807) is 0 Å². The quantitative estimate of drug-likeness (QED) is 0.606. The fourth-order valence-electron chi connectivity index (χ4n) is 3.22. The van der Waals surface area contributed by atoms with E-state index in [-0.39, 0.29) is 17.3 Å². The fraction of sp³-hybridized carbons (Fsp3) is 0.333. The smallest absolute Gasteiger partial charge is 0.286 e. The van der Waals surface area contributed by atoms with Crippen LogP contribution in [-0.2, 0) is 0 Å². The van der Waals surface area contributed by atoms with E-state index in [1.165, 1.54) is 0 Å². The predicted octanol–water partition coefficient (Wildman–Crippen LogP) is 1.85. The lowest BCUT2D eigenvalue weighted by molar-refractivity contribution is -0.385. The maximum Gasteiger partial charge on any atom is 0.286 e. The number of hydrogen-bond acceptors (Lipinski definition) is 5. The summed E-state index contributed by atoms with van der Waals surface area (Å²) >= 11 is 0. The number of rotatable bonds is 6. The van der Waals surface area contributed by atoms with Crippen molar-refractivity contribution in [1.82, 2.24) is 15.2 Å². The van der Waals surface area contributed by atoms with Gasteiger partial charge in [0.2, 0.25) is 0 Å². The van der Waals surface area contributed by atoms with Crippen molar-refractivity contribution >= 4 is 11.6 Å². The number of amides is 1. The molecule has 1 saturated heterocycles. The van der Waals surface area contributed by atoms with E-state index in [0.29, 0.717) is 6.54 Å². The Labute approximate surface area is 150 Å². The van der Waals surface area contributed by atoms with Crippen LogP contribution in [0.25, 0.3) is 0 Å². The summed E-state index contributed by atoms with van der Waals surface area (Å²) in [4.78, 5) is 39.0. The van der Waals surface area contributed by atoms with Gasteiger partial charge in [0.1, 0.15) is 5.56 Å². The molecule has 1 aliphatic rings. The molecular weight excluding hydrogens is 336 g/mol. The molecule has 0 saturated carbocycles. The number of hydrogen-bond donors (Lipinski definition) is 2. The second-order valence-corrected chi connectivity index (χ2v) is 6.24. The summed E-state index contributed by atoms with van der Waals surface area (Å²) in [5, 5.41) is 13.6. The molecule has 2 N–H and O–H groups in total. The Kier molecular flexibility index (Phi) is 5.43. The summed E-state index contributed by atoms with van der Waals surface area (Å²) < 4.78 is 0. The van der Waals surface area contributed by atoms with Gasteiger partial charge in [0.25, 0.3) is 17.2 Å². The van der Waals surface area contributed by atoms with Gasteiger partial charge >= 0.3 is 0 Å². The minimum atomic E-state index is -0.649. The van der Waals surface area contributed by atoms with E-state index in [1.807, 2.05) is 30.3 Å². The summed E-state index contributed by atoms with van der Waals surface area (Å²) in [6, 6.07) is 10.9. The Balaban J connectivity index is 1.77. The Morgan fingerprint density at radius 3 is 2.62 bits per heavy atom. The first-order valence-corrected chi connectivity index (χ1v) is 8.50. The normalized spacial score (nSPS) is 15.5. The standard InChI is InChI=1S/C18H20N4O4/c23-17-15(10-14(11-19-17)22(25)26)18(24)20-12-16(21-8-4-5-9-21)13-6-2-1-3-7-13/h1-3,6-7,10-11,16H,4-5,8-9,12H2,(H,19,23)(H,20,24)/t16-/m0/s1. The van der Waals surface area contributed by atoms with Crippen LogP contribution >= 0.6 is 0 Å². The molecule has 0 radical (unpaired) electrons. The maximum atomic E-state index is 12.4. The monoisotopic (exact) mass is 356 g/mol. The van der Waals surface area contributed by atoms with Crippen molar-refractivity contribution in [3.05, 3.63) is 74.2 Å². The second kappa shape index (κ2) is 7.92. The highest BCUT2D eigenvalue weighted by Crippen LogP contribution is 2.24. The third-order valence-corrected chi connectivity index (χ3v) is 4.57. The minimum Gasteiger partial charge on any atom is -0.350 e. The second-order valence-electron chi connectivity index (χ2n) is 6.24. The van der Waals surface area contributed by atoms with Gasteiger partial charge in [-0.15, -0.1) is 0 Å². The molecule has 1 aliphatic heterocycles. The number of carbonyl (C=O) groups is 1. The van der Waals surface area contributed by atoms with E-state index in [2.05, 4.69) is 15.2 Å². The Morgan fingerprint density at radius 2 is 1.96 bits per heavy atom. The number of nitro groups is 1. The summed E-state index contributed by atoms with van der Waals surface area (Å²) in [6.07, 6.45) is 3.21. The van der Waals surface area contributed by atoms with Gasteiger partial charge < -0.3 is 10.3 Å². The lowest BCUT2D eigenvalue weighted by atomic mass is 10.1. The Bertz CT molecular complexity index is 844. The lowest BCUT2D eigenvalue weighted by Gasteiger charge is -2.28. The van der Waals surface area contributed by atoms with E-state index >= 15 is 0 Å². The van der Waals surface area contributed by atoms with Gasteiger partial charge in [-0.25, -0.2) is 0 Å². The zero-order chi connectivity index (χ0) is 18.5. The molecule has 26 heavy (non-hydrogen) atoms.